The Balaban J connectivity index is 1.67. The number of aliphatic imine (C=N–C) groups is 1. The summed E-state index contributed by atoms with van der Waals surface area (Å²) in [5.41, 5.74) is 0.505. The summed E-state index contributed by atoms with van der Waals surface area (Å²) in [5.74, 6) is 1.03. The molecule has 1 aliphatic heterocycles. The average Bonchev–Trinajstić information content (AvgIpc) is 2.94. The first-order chi connectivity index (χ1) is 9.88. The second-order valence-electron chi connectivity index (χ2n) is 7.63. The van der Waals surface area contributed by atoms with Crippen LogP contribution in [-0.2, 0) is 4.74 Å². The second kappa shape index (κ2) is 6.55. The lowest BCUT2D eigenvalue weighted by Crippen LogP contribution is -2.72. The average molecular weight is 295 g/mol. The van der Waals surface area contributed by atoms with E-state index in [1.165, 1.54) is 25.7 Å². The minimum Gasteiger partial charge on any atom is -0.378 e. The smallest absolute Gasteiger partial charge is 0.194 e. The molecule has 122 valence electrons. The fourth-order valence-corrected chi connectivity index (χ4v) is 3.27. The molecule has 0 spiro atoms. The van der Waals surface area contributed by atoms with Gasteiger partial charge in [0.25, 0.3) is 0 Å². The highest BCUT2D eigenvalue weighted by molar-refractivity contribution is 5.81. The molecule has 4 nitrogen and oxygen atoms in total. The van der Waals surface area contributed by atoms with Crippen LogP contribution < -0.4 is 5.32 Å². The molecule has 0 atom stereocenters. The van der Waals surface area contributed by atoms with Gasteiger partial charge in [-0.05, 0) is 33.1 Å². The number of nitrogens with one attached hydrogen (secondary N) is 1. The molecule has 0 bridgehead atoms. The molecule has 0 aromatic heterocycles. The van der Waals surface area contributed by atoms with Crippen molar-refractivity contribution in [1.29, 1.82) is 0 Å². The molecule has 2 fully saturated rings. The molecule has 0 unspecified atom stereocenters. The highest BCUT2D eigenvalue weighted by Gasteiger charge is 2.53. The van der Waals surface area contributed by atoms with Crippen molar-refractivity contribution in [2.45, 2.75) is 71.4 Å². The molecule has 4 heteroatoms. The Labute approximate surface area is 130 Å². The van der Waals surface area contributed by atoms with Crippen LogP contribution in [0, 0.1) is 5.41 Å². The summed E-state index contributed by atoms with van der Waals surface area (Å²) in [4.78, 5) is 6.82. The summed E-state index contributed by atoms with van der Waals surface area (Å²) < 4.78 is 5.90. The summed E-state index contributed by atoms with van der Waals surface area (Å²) in [6, 6.07) is 0. The van der Waals surface area contributed by atoms with Gasteiger partial charge in [-0.15, -0.1) is 0 Å². The van der Waals surface area contributed by atoms with E-state index in [0.717, 1.165) is 32.1 Å². The monoisotopic (exact) mass is 295 g/mol. The SMILES string of the molecule is CN=C(NCCCOC1CCCC1)N1CC(C)(C)C1(C)C. The maximum atomic E-state index is 5.90. The van der Waals surface area contributed by atoms with Crippen LogP contribution in [-0.4, -0.2) is 49.2 Å². The first kappa shape index (κ1) is 16.6. The summed E-state index contributed by atoms with van der Waals surface area (Å²) in [6.45, 7) is 12.1. The Kier molecular flexibility index (Phi) is 5.18. The largest absolute Gasteiger partial charge is 0.378 e. The first-order valence-electron chi connectivity index (χ1n) is 8.48. The van der Waals surface area contributed by atoms with E-state index in [1.54, 1.807) is 0 Å². The van der Waals surface area contributed by atoms with Gasteiger partial charge >= 0.3 is 0 Å². The van der Waals surface area contributed by atoms with Crippen molar-refractivity contribution in [2.24, 2.45) is 10.4 Å². The van der Waals surface area contributed by atoms with Crippen molar-refractivity contribution in [3.63, 3.8) is 0 Å². The zero-order chi connectivity index (χ0) is 15.5. The Bertz CT molecular complexity index is 370. The quantitative estimate of drug-likeness (QED) is 0.481. The first-order valence-corrected chi connectivity index (χ1v) is 8.48. The third kappa shape index (κ3) is 3.53. The molecule has 1 saturated carbocycles. The molecule has 0 radical (unpaired) electrons. The van der Waals surface area contributed by atoms with Crippen molar-refractivity contribution >= 4 is 5.96 Å². The van der Waals surface area contributed by atoms with Crippen molar-refractivity contribution in [2.75, 3.05) is 26.7 Å². The van der Waals surface area contributed by atoms with Gasteiger partial charge in [0.15, 0.2) is 5.96 Å². The molecule has 1 aliphatic carbocycles. The summed E-state index contributed by atoms with van der Waals surface area (Å²) in [7, 11) is 1.87. The van der Waals surface area contributed by atoms with Crippen LogP contribution in [0.3, 0.4) is 0 Å². The van der Waals surface area contributed by atoms with Gasteiger partial charge in [0.1, 0.15) is 0 Å². The minimum absolute atomic E-state index is 0.162. The Hall–Kier alpha value is -0.770. The third-order valence-electron chi connectivity index (χ3n) is 5.61. The highest BCUT2D eigenvalue weighted by Crippen LogP contribution is 2.46. The summed E-state index contributed by atoms with van der Waals surface area (Å²) >= 11 is 0. The van der Waals surface area contributed by atoms with Gasteiger partial charge < -0.3 is 15.0 Å². The number of guanidine groups is 1. The lowest BCUT2D eigenvalue weighted by molar-refractivity contribution is -0.0667. The molecule has 2 aliphatic rings. The van der Waals surface area contributed by atoms with Crippen LogP contribution in [0.15, 0.2) is 4.99 Å². The van der Waals surface area contributed by atoms with E-state index in [2.05, 4.69) is 42.9 Å². The fraction of sp³-hybridized carbons (Fsp3) is 0.941. The lowest BCUT2D eigenvalue weighted by Gasteiger charge is -2.62. The topological polar surface area (TPSA) is 36.9 Å². The highest BCUT2D eigenvalue weighted by atomic mass is 16.5. The van der Waals surface area contributed by atoms with Crippen LogP contribution in [0.1, 0.15) is 59.8 Å². The zero-order valence-electron chi connectivity index (χ0n) is 14.5. The van der Waals surface area contributed by atoms with E-state index in [-0.39, 0.29) is 5.54 Å². The number of hydrogen-bond acceptors (Lipinski definition) is 2. The van der Waals surface area contributed by atoms with Crippen molar-refractivity contribution in [1.82, 2.24) is 10.2 Å². The molecule has 1 saturated heterocycles. The Morgan fingerprint density at radius 1 is 1.24 bits per heavy atom. The predicted octanol–water partition coefficient (Wildman–Crippen LogP) is 3.03. The van der Waals surface area contributed by atoms with Crippen LogP contribution in [0.4, 0.5) is 0 Å². The van der Waals surface area contributed by atoms with E-state index in [4.69, 9.17) is 4.74 Å². The van der Waals surface area contributed by atoms with Crippen molar-refractivity contribution in [3.8, 4) is 0 Å². The van der Waals surface area contributed by atoms with Crippen LogP contribution in [0.5, 0.6) is 0 Å². The Morgan fingerprint density at radius 2 is 1.90 bits per heavy atom. The van der Waals surface area contributed by atoms with Gasteiger partial charge in [-0.1, -0.05) is 26.7 Å². The summed E-state index contributed by atoms with van der Waals surface area (Å²) in [5, 5.41) is 3.49. The number of rotatable bonds is 5. The molecule has 2 rings (SSSR count). The molecule has 0 amide bonds. The van der Waals surface area contributed by atoms with Crippen molar-refractivity contribution in [3.05, 3.63) is 0 Å². The summed E-state index contributed by atoms with van der Waals surface area (Å²) in [6.07, 6.45) is 6.77. The van der Waals surface area contributed by atoms with Crippen LogP contribution >= 0.6 is 0 Å². The maximum absolute atomic E-state index is 5.90. The Morgan fingerprint density at radius 3 is 2.43 bits per heavy atom. The second-order valence-corrected chi connectivity index (χ2v) is 7.63. The molecule has 1 N–H and O–H groups in total. The predicted molar refractivity (Wildman–Crippen MR) is 88.8 cm³/mol. The molecular weight excluding hydrogens is 262 g/mol. The van der Waals surface area contributed by atoms with Crippen LogP contribution in [0.25, 0.3) is 0 Å². The molecule has 1 heterocycles. The molecule has 0 aromatic rings. The van der Waals surface area contributed by atoms with E-state index in [9.17, 15) is 0 Å². The van der Waals surface area contributed by atoms with Crippen LogP contribution in [0.2, 0.25) is 0 Å². The van der Waals surface area contributed by atoms with E-state index in [1.807, 2.05) is 7.05 Å². The lowest BCUT2D eigenvalue weighted by atomic mass is 9.65. The van der Waals surface area contributed by atoms with E-state index in [0.29, 0.717) is 11.5 Å². The molecular formula is C17H33N3O. The number of hydrogen-bond donors (Lipinski definition) is 1. The van der Waals surface area contributed by atoms with Gasteiger partial charge in [0.05, 0.1) is 6.10 Å². The van der Waals surface area contributed by atoms with Gasteiger partial charge in [-0.3, -0.25) is 4.99 Å². The number of nitrogens with zero attached hydrogens (tertiary/aromatic N) is 2. The molecule has 21 heavy (non-hydrogen) atoms. The third-order valence-corrected chi connectivity index (χ3v) is 5.61. The number of likely N-dealkylation sites (tertiary alicyclic amines) is 1. The fourth-order valence-electron chi connectivity index (χ4n) is 3.27. The van der Waals surface area contributed by atoms with Gasteiger partial charge in [0, 0.05) is 37.7 Å². The van der Waals surface area contributed by atoms with Gasteiger partial charge in [-0.2, -0.15) is 0 Å². The molecule has 0 aromatic carbocycles. The van der Waals surface area contributed by atoms with E-state index >= 15 is 0 Å². The number of ether oxygens (including phenoxy) is 1. The maximum Gasteiger partial charge on any atom is 0.194 e. The van der Waals surface area contributed by atoms with Crippen molar-refractivity contribution < 1.29 is 4.74 Å². The standard InChI is InChI=1S/C17H33N3O/c1-16(2)13-20(17(16,3)4)15(18-5)19-11-8-12-21-14-9-6-7-10-14/h14H,6-13H2,1-5H3,(H,18,19). The van der Waals surface area contributed by atoms with E-state index < -0.39 is 0 Å². The van der Waals surface area contributed by atoms with Gasteiger partial charge in [-0.25, -0.2) is 0 Å². The minimum atomic E-state index is 0.162. The normalized spacial score (nSPS) is 25.0. The zero-order valence-corrected chi connectivity index (χ0v) is 14.5. The van der Waals surface area contributed by atoms with Gasteiger partial charge in [0.2, 0.25) is 0 Å².